The number of carbonyl (C=O) groups excluding carboxylic acids is 2. The lowest BCUT2D eigenvalue weighted by atomic mass is 9.63. The van der Waals surface area contributed by atoms with Crippen molar-refractivity contribution in [1.29, 1.82) is 0 Å². The summed E-state index contributed by atoms with van der Waals surface area (Å²) in [6.07, 6.45) is 7.11. The Bertz CT molecular complexity index is 1180. The summed E-state index contributed by atoms with van der Waals surface area (Å²) >= 11 is 12.5. The van der Waals surface area contributed by atoms with Crippen LogP contribution in [0.25, 0.3) is 5.69 Å². The second-order valence-electron chi connectivity index (χ2n) is 9.15. The first-order valence-corrected chi connectivity index (χ1v) is 11.4. The zero-order valence-corrected chi connectivity index (χ0v) is 18.6. The van der Waals surface area contributed by atoms with E-state index in [2.05, 4.69) is 17.3 Å². The van der Waals surface area contributed by atoms with Crippen LogP contribution in [0.3, 0.4) is 0 Å². The topological polar surface area (TPSA) is 54.7 Å². The molecule has 2 amide bonds. The highest BCUT2D eigenvalue weighted by Crippen LogP contribution is 2.65. The van der Waals surface area contributed by atoms with Crippen LogP contribution in [0.2, 0.25) is 10.0 Å². The highest BCUT2D eigenvalue weighted by Gasteiger charge is 2.67. The highest BCUT2D eigenvalue weighted by molar-refractivity contribution is 6.35. The van der Waals surface area contributed by atoms with Crippen molar-refractivity contribution in [1.82, 2.24) is 9.58 Å². The Morgan fingerprint density at radius 1 is 1.00 bits per heavy atom. The van der Waals surface area contributed by atoms with Crippen LogP contribution in [0, 0.1) is 49.4 Å². The van der Waals surface area contributed by atoms with Gasteiger partial charge in [0.25, 0.3) is 11.8 Å². The number of allylic oxidation sites excluding steroid dienone is 2. The van der Waals surface area contributed by atoms with Crippen molar-refractivity contribution < 1.29 is 9.59 Å². The Hall–Kier alpha value is -2.37. The van der Waals surface area contributed by atoms with Crippen molar-refractivity contribution in [3.05, 3.63) is 63.4 Å². The van der Waals surface area contributed by atoms with Gasteiger partial charge in [0.2, 0.25) is 0 Å². The zero-order valence-electron chi connectivity index (χ0n) is 17.1. The van der Waals surface area contributed by atoms with Gasteiger partial charge in [-0.3, -0.25) is 9.59 Å². The van der Waals surface area contributed by atoms with E-state index in [1.165, 1.54) is 0 Å². The van der Waals surface area contributed by atoms with Crippen molar-refractivity contribution >= 4 is 41.2 Å². The Morgan fingerprint density at radius 3 is 2.26 bits per heavy atom. The molecule has 1 aliphatic heterocycles. The molecule has 1 saturated heterocycles. The fourth-order valence-electron chi connectivity index (χ4n) is 6.13. The molecule has 31 heavy (non-hydrogen) atoms. The molecule has 2 saturated carbocycles. The monoisotopic (exact) mass is 453 g/mol. The number of halogens is 2. The van der Waals surface area contributed by atoms with Crippen LogP contribution in [0.15, 0.2) is 41.5 Å². The van der Waals surface area contributed by atoms with E-state index in [1.807, 2.05) is 30.5 Å². The first-order chi connectivity index (χ1) is 14.9. The van der Waals surface area contributed by atoms with Gasteiger partial charge in [0.15, 0.2) is 0 Å². The van der Waals surface area contributed by atoms with Gasteiger partial charge in [0.05, 0.1) is 28.8 Å². The average Bonchev–Trinajstić information content (AvgIpc) is 3.46. The molecular formula is C24H21Cl2N3O2. The van der Waals surface area contributed by atoms with Crippen LogP contribution in [0.4, 0.5) is 0 Å². The van der Waals surface area contributed by atoms with E-state index in [0.717, 1.165) is 34.1 Å². The molecule has 0 unspecified atom stereocenters. The molecule has 2 heterocycles. The molecule has 0 spiro atoms. The molecule has 6 atom stereocenters. The average molecular weight is 454 g/mol. The van der Waals surface area contributed by atoms with E-state index in [1.54, 1.807) is 18.3 Å². The fraction of sp³-hybridized carbons (Fsp3) is 0.375. The van der Waals surface area contributed by atoms with Crippen molar-refractivity contribution in [2.75, 3.05) is 0 Å². The SMILES string of the molecule is Cc1cc(/C=N\N2C(=O)[C@@H]3[C@H]4C=C[C@@H]([C@@H]5C[C@@H]45)[C@@H]3C2=O)c(C)n1-c1ccc(Cl)cc1Cl. The second kappa shape index (κ2) is 6.57. The molecule has 7 heteroatoms. The van der Waals surface area contributed by atoms with Gasteiger partial charge in [0.1, 0.15) is 0 Å². The van der Waals surface area contributed by atoms with E-state index in [4.69, 9.17) is 23.2 Å². The Kier molecular flexibility index (Phi) is 4.09. The lowest BCUT2D eigenvalue weighted by Crippen LogP contribution is -2.40. The molecule has 5 aliphatic rings. The summed E-state index contributed by atoms with van der Waals surface area (Å²) in [6, 6.07) is 7.35. The number of hydrogen-bond donors (Lipinski definition) is 0. The van der Waals surface area contributed by atoms with E-state index < -0.39 is 0 Å². The third-order valence-electron chi connectivity index (χ3n) is 7.57. The molecule has 2 aromatic rings. The Balaban J connectivity index is 1.31. The molecule has 4 aliphatic carbocycles. The van der Waals surface area contributed by atoms with Crippen LogP contribution in [0.5, 0.6) is 0 Å². The van der Waals surface area contributed by atoms with Gasteiger partial charge in [0, 0.05) is 22.0 Å². The number of nitrogens with zero attached hydrogens (tertiary/aromatic N) is 3. The van der Waals surface area contributed by atoms with Gasteiger partial charge in [-0.25, -0.2) is 0 Å². The van der Waals surface area contributed by atoms with Crippen LogP contribution < -0.4 is 0 Å². The van der Waals surface area contributed by atoms with Gasteiger partial charge >= 0.3 is 0 Å². The first-order valence-electron chi connectivity index (χ1n) is 10.6. The fourth-order valence-corrected chi connectivity index (χ4v) is 6.62. The molecule has 1 aromatic carbocycles. The van der Waals surface area contributed by atoms with Gasteiger partial charge < -0.3 is 4.57 Å². The van der Waals surface area contributed by atoms with Gasteiger partial charge in [-0.05, 0) is 68.2 Å². The third-order valence-corrected chi connectivity index (χ3v) is 8.11. The number of benzene rings is 1. The Labute approximate surface area is 190 Å². The standard InChI is InChI=1S/C24H21Cl2N3O2/c1-11-7-13(12(2)28(11)20-6-3-14(25)8-19(20)26)10-27-29-23(30)21-15-4-5-16(18-9-17(15)18)22(21)24(29)31/h3-8,10,15-18,21-22H,9H2,1-2H3/b27-10-/t15-,16-,17-,18-,21-,22+/m0/s1. The summed E-state index contributed by atoms with van der Waals surface area (Å²) in [7, 11) is 0. The summed E-state index contributed by atoms with van der Waals surface area (Å²) in [5.41, 5.74) is 3.55. The lowest BCUT2D eigenvalue weighted by molar-refractivity contribution is -0.140. The molecule has 0 N–H and O–H groups in total. The maximum absolute atomic E-state index is 13.1. The maximum atomic E-state index is 13.1. The van der Waals surface area contributed by atoms with Crippen LogP contribution in [-0.2, 0) is 9.59 Å². The van der Waals surface area contributed by atoms with Crippen molar-refractivity contribution in [3.8, 4) is 5.69 Å². The molecule has 2 bridgehead atoms. The smallest absolute Gasteiger partial charge is 0.254 e. The number of imide groups is 1. The molecule has 3 fully saturated rings. The summed E-state index contributed by atoms with van der Waals surface area (Å²) in [6.45, 7) is 3.94. The predicted molar refractivity (Wildman–Crippen MR) is 119 cm³/mol. The minimum Gasteiger partial charge on any atom is -0.316 e. The van der Waals surface area contributed by atoms with Gasteiger partial charge in [-0.1, -0.05) is 35.4 Å². The second-order valence-corrected chi connectivity index (χ2v) is 9.99. The molecule has 158 valence electrons. The van der Waals surface area contributed by atoms with Crippen molar-refractivity contribution in [3.63, 3.8) is 0 Å². The number of carbonyl (C=O) groups is 2. The number of hydrogen-bond acceptors (Lipinski definition) is 3. The van der Waals surface area contributed by atoms with E-state index in [0.29, 0.717) is 21.9 Å². The minimum absolute atomic E-state index is 0.148. The molecule has 1 aromatic heterocycles. The summed E-state index contributed by atoms with van der Waals surface area (Å²) < 4.78 is 2.02. The molecule has 5 nitrogen and oxygen atoms in total. The van der Waals surface area contributed by atoms with Gasteiger partial charge in [-0.15, -0.1) is 0 Å². The minimum atomic E-state index is -0.233. The maximum Gasteiger partial charge on any atom is 0.254 e. The first kappa shape index (κ1) is 19.3. The zero-order chi connectivity index (χ0) is 21.6. The van der Waals surface area contributed by atoms with Crippen LogP contribution in [-0.4, -0.2) is 27.6 Å². The number of rotatable bonds is 3. The Morgan fingerprint density at radius 2 is 1.65 bits per heavy atom. The molecular weight excluding hydrogens is 433 g/mol. The van der Waals surface area contributed by atoms with Crippen molar-refractivity contribution in [2.24, 2.45) is 40.6 Å². The normalized spacial score (nSPS) is 32.8. The highest BCUT2D eigenvalue weighted by atomic mass is 35.5. The number of hydrazone groups is 1. The van der Waals surface area contributed by atoms with E-state index in [-0.39, 0.29) is 35.5 Å². The molecule has 7 rings (SSSR count). The van der Waals surface area contributed by atoms with Crippen LogP contribution >= 0.6 is 23.2 Å². The quantitative estimate of drug-likeness (QED) is 0.381. The van der Waals surface area contributed by atoms with Crippen LogP contribution in [0.1, 0.15) is 23.4 Å². The summed E-state index contributed by atoms with van der Waals surface area (Å²) in [5.74, 6) is 0.811. The van der Waals surface area contributed by atoms with E-state index in [9.17, 15) is 9.59 Å². The largest absolute Gasteiger partial charge is 0.316 e. The van der Waals surface area contributed by atoms with Gasteiger partial charge in [-0.2, -0.15) is 10.1 Å². The number of aromatic nitrogens is 1. The lowest BCUT2D eigenvalue weighted by Gasteiger charge is -2.37. The number of aryl methyl sites for hydroxylation is 1. The van der Waals surface area contributed by atoms with E-state index >= 15 is 0 Å². The number of amides is 2. The summed E-state index contributed by atoms with van der Waals surface area (Å²) in [5, 5.41) is 6.62. The third kappa shape index (κ3) is 2.66. The predicted octanol–water partition coefficient (Wildman–Crippen LogP) is 4.79. The summed E-state index contributed by atoms with van der Waals surface area (Å²) in [4.78, 5) is 26.2. The molecule has 0 radical (unpaired) electrons. The van der Waals surface area contributed by atoms with Crippen molar-refractivity contribution in [2.45, 2.75) is 20.3 Å².